The third kappa shape index (κ3) is 7.09. The van der Waals surface area contributed by atoms with Crippen LogP contribution in [0.2, 0.25) is 0 Å². The molecular formula is C22H26F3N3O. The fourth-order valence-electron chi connectivity index (χ4n) is 3.25. The van der Waals surface area contributed by atoms with Crippen LogP contribution >= 0.6 is 0 Å². The molecule has 0 heterocycles. The highest BCUT2D eigenvalue weighted by molar-refractivity contribution is 5.79. The zero-order valence-electron chi connectivity index (χ0n) is 16.4. The number of hydrogen-bond donors (Lipinski definition) is 2. The van der Waals surface area contributed by atoms with Crippen LogP contribution in [0.3, 0.4) is 0 Å². The van der Waals surface area contributed by atoms with Crippen molar-refractivity contribution in [1.29, 1.82) is 0 Å². The Morgan fingerprint density at radius 1 is 1.03 bits per heavy atom. The highest BCUT2D eigenvalue weighted by Crippen LogP contribution is 2.46. The van der Waals surface area contributed by atoms with Gasteiger partial charge in [-0.25, -0.2) is 0 Å². The van der Waals surface area contributed by atoms with Crippen LogP contribution in [0.1, 0.15) is 29.0 Å². The molecule has 2 unspecified atom stereocenters. The summed E-state index contributed by atoms with van der Waals surface area (Å²) in [6.45, 7) is 0.162. The van der Waals surface area contributed by atoms with E-state index < -0.39 is 12.8 Å². The highest BCUT2D eigenvalue weighted by atomic mass is 19.4. The maximum atomic E-state index is 12.1. The molecule has 2 atom stereocenters. The lowest BCUT2D eigenvalue weighted by Crippen LogP contribution is -2.38. The van der Waals surface area contributed by atoms with Crippen LogP contribution in [0.4, 0.5) is 13.2 Å². The van der Waals surface area contributed by atoms with Gasteiger partial charge in [0.1, 0.15) is 6.61 Å². The van der Waals surface area contributed by atoms with E-state index in [1.807, 2.05) is 18.2 Å². The Morgan fingerprint density at radius 3 is 2.38 bits per heavy atom. The fourth-order valence-corrected chi connectivity index (χ4v) is 3.25. The number of halogens is 3. The Morgan fingerprint density at radius 2 is 1.72 bits per heavy atom. The van der Waals surface area contributed by atoms with Gasteiger partial charge < -0.3 is 15.4 Å². The monoisotopic (exact) mass is 405 g/mol. The number of nitrogens with one attached hydrogen (secondary N) is 2. The molecule has 7 heteroatoms. The molecule has 1 aliphatic carbocycles. The zero-order valence-corrected chi connectivity index (χ0v) is 16.4. The first kappa shape index (κ1) is 21.2. The normalized spacial score (nSPS) is 19.1. The lowest BCUT2D eigenvalue weighted by molar-refractivity contribution is -0.176. The van der Waals surface area contributed by atoms with E-state index >= 15 is 0 Å². The maximum Gasteiger partial charge on any atom is 0.411 e. The molecule has 0 bridgehead atoms. The fraction of sp³-hybridized carbons (Fsp3) is 0.409. The molecule has 0 spiro atoms. The SMILES string of the molecule is CN=C(NCc1ccc(COCC(F)(F)F)cc1)NCC1CC1c1ccccc1. The predicted octanol–water partition coefficient (Wildman–Crippen LogP) is 4.23. The summed E-state index contributed by atoms with van der Waals surface area (Å²) in [6, 6.07) is 17.8. The Hall–Kier alpha value is -2.54. The number of hydrogen-bond acceptors (Lipinski definition) is 2. The van der Waals surface area contributed by atoms with Crippen LogP contribution in [-0.4, -0.2) is 32.3 Å². The molecule has 156 valence electrons. The van der Waals surface area contributed by atoms with Crippen molar-refractivity contribution in [2.24, 2.45) is 10.9 Å². The minimum absolute atomic E-state index is 0.0551. The topological polar surface area (TPSA) is 45.7 Å². The Balaban J connectivity index is 1.37. The Bertz CT molecular complexity index is 791. The summed E-state index contributed by atoms with van der Waals surface area (Å²) < 4.78 is 41.0. The van der Waals surface area contributed by atoms with Crippen LogP contribution in [0.25, 0.3) is 0 Å². The molecule has 2 aromatic rings. The van der Waals surface area contributed by atoms with Crippen molar-refractivity contribution >= 4 is 5.96 Å². The van der Waals surface area contributed by atoms with E-state index in [1.165, 1.54) is 12.0 Å². The van der Waals surface area contributed by atoms with E-state index in [-0.39, 0.29) is 6.61 Å². The molecule has 0 radical (unpaired) electrons. The van der Waals surface area contributed by atoms with E-state index in [4.69, 9.17) is 0 Å². The molecule has 1 aliphatic rings. The quantitative estimate of drug-likeness (QED) is 0.510. The van der Waals surface area contributed by atoms with Gasteiger partial charge >= 0.3 is 6.18 Å². The highest BCUT2D eigenvalue weighted by Gasteiger charge is 2.37. The van der Waals surface area contributed by atoms with E-state index in [1.54, 1.807) is 19.2 Å². The van der Waals surface area contributed by atoms with Crippen LogP contribution in [-0.2, 0) is 17.9 Å². The smallest absolute Gasteiger partial charge is 0.367 e. The van der Waals surface area contributed by atoms with Gasteiger partial charge in [-0.3, -0.25) is 4.99 Å². The number of aliphatic imine (C=N–C) groups is 1. The van der Waals surface area contributed by atoms with Crippen molar-refractivity contribution in [2.75, 3.05) is 20.2 Å². The molecule has 0 aromatic heterocycles. The average Bonchev–Trinajstić information content (AvgIpc) is 3.49. The van der Waals surface area contributed by atoms with Gasteiger partial charge in [0, 0.05) is 20.1 Å². The number of benzene rings is 2. The number of rotatable bonds is 8. The van der Waals surface area contributed by atoms with E-state index in [2.05, 4.69) is 44.6 Å². The first-order chi connectivity index (χ1) is 13.9. The van der Waals surface area contributed by atoms with Gasteiger partial charge in [0.15, 0.2) is 5.96 Å². The van der Waals surface area contributed by atoms with E-state index in [0.717, 1.165) is 18.1 Å². The lowest BCUT2D eigenvalue weighted by atomic mass is 10.1. The van der Waals surface area contributed by atoms with Crippen LogP contribution in [0.5, 0.6) is 0 Å². The number of ether oxygens (including phenoxy) is 1. The summed E-state index contributed by atoms with van der Waals surface area (Å²) in [4.78, 5) is 4.25. The standard InChI is InChI=1S/C22H26F3N3O/c1-26-21(28-13-19-11-20(19)18-5-3-2-4-6-18)27-12-16-7-9-17(10-8-16)14-29-15-22(23,24)25/h2-10,19-20H,11-15H2,1H3,(H2,26,27,28). The van der Waals surface area contributed by atoms with Gasteiger partial charge in [-0.1, -0.05) is 54.6 Å². The molecule has 2 aromatic carbocycles. The van der Waals surface area contributed by atoms with Crippen LogP contribution in [0.15, 0.2) is 59.6 Å². The van der Waals surface area contributed by atoms with Gasteiger partial charge in [0.25, 0.3) is 0 Å². The summed E-state index contributed by atoms with van der Waals surface area (Å²) in [5, 5.41) is 6.63. The number of nitrogens with zero attached hydrogens (tertiary/aromatic N) is 1. The Kier molecular flexibility index (Phi) is 7.14. The molecule has 29 heavy (non-hydrogen) atoms. The third-order valence-electron chi connectivity index (χ3n) is 4.92. The van der Waals surface area contributed by atoms with Crippen molar-refractivity contribution < 1.29 is 17.9 Å². The van der Waals surface area contributed by atoms with Crippen molar-refractivity contribution in [3.05, 3.63) is 71.3 Å². The second-order valence-corrected chi connectivity index (χ2v) is 7.24. The summed E-state index contributed by atoms with van der Waals surface area (Å²) in [5.41, 5.74) is 3.11. The predicted molar refractivity (Wildman–Crippen MR) is 108 cm³/mol. The number of guanidine groups is 1. The summed E-state index contributed by atoms with van der Waals surface area (Å²) in [5.74, 6) is 1.97. The molecule has 0 saturated heterocycles. The summed E-state index contributed by atoms with van der Waals surface area (Å²) >= 11 is 0. The molecule has 0 amide bonds. The molecule has 4 nitrogen and oxygen atoms in total. The lowest BCUT2D eigenvalue weighted by Gasteiger charge is -2.12. The molecular weight excluding hydrogens is 379 g/mol. The maximum absolute atomic E-state index is 12.1. The second-order valence-electron chi connectivity index (χ2n) is 7.24. The third-order valence-corrected chi connectivity index (χ3v) is 4.92. The summed E-state index contributed by atoms with van der Waals surface area (Å²) in [7, 11) is 1.73. The second kappa shape index (κ2) is 9.78. The molecule has 1 fully saturated rings. The minimum Gasteiger partial charge on any atom is -0.367 e. The summed E-state index contributed by atoms with van der Waals surface area (Å²) in [6.07, 6.45) is -3.11. The van der Waals surface area contributed by atoms with Crippen molar-refractivity contribution in [2.45, 2.75) is 31.7 Å². The Labute approximate surface area is 169 Å². The van der Waals surface area contributed by atoms with Gasteiger partial charge in [-0.05, 0) is 34.9 Å². The van der Waals surface area contributed by atoms with Crippen molar-refractivity contribution in [3.8, 4) is 0 Å². The van der Waals surface area contributed by atoms with Crippen molar-refractivity contribution in [1.82, 2.24) is 10.6 Å². The van der Waals surface area contributed by atoms with Crippen LogP contribution in [0, 0.1) is 5.92 Å². The first-order valence-corrected chi connectivity index (χ1v) is 9.66. The first-order valence-electron chi connectivity index (χ1n) is 9.66. The molecule has 3 rings (SSSR count). The van der Waals surface area contributed by atoms with Gasteiger partial charge in [-0.2, -0.15) is 13.2 Å². The molecule has 1 saturated carbocycles. The zero-order chi connectivity index (χ0) is 20.7. The minimum atomic E-state index is -4.30. The molecule has 2 N–H and O–H groups in total. The number of alkyl halides is 3. The largest absolute Gasteiger partial charge is 0.411 e. The van der Waals surface area contributed by atoms with Crippen molar-refractivity contribution in [3.63, 3.8) is 0 Å². The van der Waals surface area contributed by atoms with Gasteiger partial charge in [-0.15, -0.1) is 0 Å². The molecule has 0 aliphatic heterocycles. The average molecular weight is 405 g/mol. The van der Waals surface area contributed by atoms with Gasteiger partial charge in [0.2, 0.25) is 0 Å². The van der Waals surface area contributed by atoms with Crippen LogP contribution < -0.4 is 10.6 Å². The van der Waals surface area contributed by atoms with E-state index in [9.17, 15) is 13.2 Å². The van der Waals surface area contributed by atoms with Gasteiger partial charge in [0.05, 0.1) is 6.61 Å². The van der Waals surface area contributed by atoms with E-state index in [0.29, 0.717) is 23.9 Å².